The fourth-order valence-corrected chi connectivity index (χ4v) is 2.42. The van der Waals surface area contributed by atoms with Gasteiger partial charge in [0.1, 0.15) is 6.04 Å². The lowest BCUT2D eigenvalue weighted by Crippen LogP contribution is -2.42. The molecule has 1 aliphatic heterocycles. The molecule has 0 bridgehead atoms. The Balaban J connectivity index is 2.14. The van der Waals surface area contributed by atoms with Gasteiger partial charge in [-0.15, -0.1) is 0 Å². The molecule has 1 heterocycles. The van der Waals surface area contributed by atoms with Crippen molar-refractivity contribution < 1.29 is 14.7 Å². The molecule has 0 aromatic heterocycles. The van der Waals surface area contributed by atoms with Crippen molar-refractivity contribution in [2.45, 2.75) is 31.7 Å². The summed E-state index contributed by atoms with van der Waals surface area (Å²) in [5.41, 5.74) is 0.929. The van der Waals surface area contributed by atoms with Crippen LogP contribution in [0.2, 0.25) is 0 Å². The van der Waals surface area contributed by atoms with Crippen LogP contribution < -0.4 is 0 Å². The topological polar surface area (TPSA) is 57.6 Å². The van der Waals surface area contributed by atoms with E-state index < -0.39 is 12.0 Å². The second kappa shape index (κ2) is 5.21. The van der Waals surface area contributed by atoms with Gasteiger partial charge in [-0.3, -0.25) is 4.79 Å². The summed E-state index contributed by atoms with van der Waals surface area (Å²) < 4.78 is 0. The zero-order valence-electron chi connectivity index (χ0n) is 10.4. The Morgan fingerprint density at radius 1 is 1.33 bits per heavy atom. The van der Waals surface area contributed by atoms with Gasteiger partial charge in [0.05, 0.1) is 5.92 Å². The Bertz CT molecular complexity index is 444. The smallest absolute Gasteiger partial charge is 0.326 e. The van der Waals surface area contributed by atoms with Gasteiger partial charge in [-0.25, -0.2) is 4.79 Å². The Morgan fingerprint density at radius 3 is 2.61 bits per heavy atom. The highest BCUT2D eigenvalue weighted by molar-refractivity contribution is 5.88. The Labute approximate surface area is 106 Å². The van der Waals surface area contributed by atoms with Gasteiger partial charge in [0.2, 0.25) is 5.91 Å². The van der Waals surface area contributed by atoms with Crippen LogP contribution in [0.4, 0.5) is 0 Å². The van der Waals surface area contributed by atoms with E-state index >= 15 is 0 Å². The van der Waals surface area contributed by atoms with Crippen LogP contribution in [0.15, 0.2) is 30.3 Å². The average Bonchev–Trinajstić information content (AvgIpc) is 2.87. The summed E-state index contributed by atoms with van der Waals surface area (Å²) in [5.74, 6) is -1.28. The van der Waals surface area contributed by atoms with Gasteiger partial charge in [0.15, 0.2) is 0 Å². The van der Waals surface area contributed by atoms with Crippen LogP contribution in [-0.2, 0) is 9.59 Å². The summed E-state index contributed by atoms with van der Waals surface area (Å²) in [6.07, 6.45) is 1.33. The lowest BCUT2D eigenvalue weighted by Gasteiger charge is -2.25. The number of amides is 1. The van der Waals surface area contributed by atoms with Crippen LogP contribution in [0.3, 0.4) is 0 Å². The molecule has 0 spiro atoms. The van der Waals surface area contributed by atoms with Crippen molar-refractivity contribution in [1.82, 2.24) is 4.90 Å². The molecule has 1 fully saturated rings. The molecular weight excluding hydrogens is 230 g/mol. The first-order valence-electron chi connectivity index (χ1n) is 6.19. The molecule has 0 radical (unpaired) electrons. The minimum atomic E-state index is -0.902. The minimum Gasteiger partial charge on any atom is -0.480 e. The fraction of sp³-hybridized carbons (Fsp3) is 0.429. The number of aliphatic carboxylic acids is 1. The number of hydrogen-bond acceptors (Lipinski definition) is 2. The molecule has 1 aromatic rings. The second-order valence-electron chi connectivity index (χ2n) is 4.66. The molecule has 2 rings (SSSR count). The summed E-state index contributed by atoms with van der Waals surface area (Å²) in [5, 5.41) is 9.09. The van der Waals surface area contributed by atoms with E-state index in [0.717, 1.165) is 12.0 Å². The minimum absolute atomic E-state index is 0.0916. The zero-order chi connectivity index (χ0) is 13.1. The Morgan fingerprint density at radius 2 is 2.00 bits per heavy atom. The highest BCUT2D eigenvalue weighted by Crippen LogP contribution is 2.24. The molecule has 1 N–H and O–H groups in total. The number of carboxylic acids is 1. The van der Waals surface area contributed by atoms with Gasteiger partial charge in [0.25, 0.3) is 0 Å². The first-order chi connectivity index (χ1) is 8.61. The van der Waals surface area contributed by atoms with Crippen molar-refractivity contribution in [2.24, 2.45) is 0 Å². The van der Waals surface area contributed by atoms with Crippen molar-refractivity contribution in [1.29, 1.82) is 0 Å². The van der Waals surface area contributed by atoms with Crippen molar-refractivity contribution in [3.05, 3.63) is 35.9 Å². The number of carbonyl (C=O) groups is 2. The molecule has 1 aromatic carbocycles. The lowest BCUT2D eigenvalue weighted by atomic mass is 9.99. The predicted molar refractivity (Wildman–Crippen MR) is 67.2 cm³/mol. The van der Waals surface area contributed by atoms with Gasteiger partial charge in [-0.05, 0) is 25.3 Å². The van der Waals surface area contributed by atoms with Gasteiger partial charge in [0, 0.05) is 6.54 Å². The number of likely N-dealkylation sites (tertiary alicyclic amines) is 1. The molecule has 1 unspecified atom stereocenters. The largest absolute Gasteiger partial charge is 0.480 e. The van der Waals surface area contributed by atoms with Crippen molar-refractivity contribution >= 4 is 11.9 Å². The van der Waals surface area contributed by atoms with E-state index in [4.69, 9.17) is 5.11 Å². The summed E-state index contributed by atoms with van der Waals surface area (Å²) in [6, 6.07) is 8.82. The molecule has 4 heteroatoms. The highest BCUT2D eigenvalue weighted by atomic mass is 16.4. The third-order valence-electron chi connectivity index (χ3n) is 3.49. The van der Waals surface area contributed by atoms with E-state index in [0.29, 0.717) is 13.0 Å². The second-order valence-corrected chi connectivity index (χ2v) is 4.66. The lowest BCUT2D eigenvalue weighted by molar-refractivity contribution is -0.148. The fourth-order valence-electron chi connectivity index (χ4n) is 2.42. The van der Waals surface area contributed by atoms with E-state index in [1.165, 1.54) is 4.90 Å². The van der Waals surface area contributed by atoms with E-state index in [-0.39, 0.29) is 11.8 Å². The molecule has 2 atom stereocenters. The normalized spacial score (nSPS) is 20.7. The third-order valence-corrected chi connectivity index (χ3v) is 3.49. The van der Waals surface area contributed by atoms with Gasteiger partial charge < -0.3 is 10.0 Å². The van der Waals surface area contributed by atoms with Crippen LogP contribution in [0.1, 0.15) is 31.2 Å². The Hall–Kier alpha value is -1.84. The van der Waals surface area contributed by atoms with Crippen LogP contribution in [-0.4, -0.2) is 34.5 Å². The van der Waals surface area contributed by atoms with E-state index in [9.17, 15) is 9.59 Å². The maximum Gasteiger partial charge on any atom is 0.326 e. The van der Waals surface area contributed by atoms with Crippen LogP contribution in [0.5, 0.6) is 0 Å². The van der Waals surface area contributed by atoms with E-state index in [2.05, 4.69) is 0 Å². The summed E-state index contributed by atoms with van der Waals surface area (Å²) in [7, 11) is 0. The average molecular weight is 247 g/mol. The molecule has 1 saturated heterocycles. The van der Waals surface area contributed by atoms with Gasteiger partial charge in [-0.1, -0.05) is 30.3 Å². The number of carbonyl (C=O) groups excluding carboxylic acids is 1. The number of rotatable bonds is 3. The van der Waals surface area contributed by atoms with Crippen molar-refractivity contribution in [2.75, 3.05) is 6.54 Å². The quantitative estimate of drug-likeness (QED) is 0.887. The van der Waals surface area contributed by atoms with Crippen molar-refractivity contribution in [3.8, 4) is 0 Å². The molecule has 96 valence electrons. The molecule has 0 saturated carbocycles. The predicted octanol–water partition coefficient (Wildman–Crippen LogP) is 1.87. The highest BCUT2D eigenvalue weighted by Gasteiger charge is 2.35. The zero-order valence-corrected chi connectivity index (χ0v) is 10.4. The maximum absolute atomic E-state index is 12.3. The van der Waals surface area contributed by atoms with Gasteiger partial charge >= 0.3 is 5.97 Å². The number of hydrogen-bond donors (Lipinski definition) is 1. The number of benzene rings is 1. The van der Waals surface area contributed by atoms with Crippen LogP contribution in [0, 0.1) is 0 Å². The first-order valence-corrected chi connectivity index (χ1v) is 6.19. The molecule has 4 nitrogen and oxygen atoms in total. The molecule has 1 aliphatic rings. The summed E-state index contributed by atoms with van der Waals surface area (Å²) in [4.78, 5) is 24.9. The monoisotopic (exact) mass is 247 g/mol. The Kier molecular flexibility index (Phi) is 3.65. The molecule has 0 aliphatic carbocycles. The molecule has 1 amide bonds. The van der Waals surface area contributed by atoms with E-state index in [1.807, 2.05) is 37.3 Å². The number of carboxylic acid groups (broad SMARTS) is 1. The molecular formula is C14H17NO3. The summed E-state index contributed by atoms with van der Waals surface area (Å²) >= 11 is 0. The molecule has 18 heavy (non-hydrogen) atoms. The van der Waals surface area contributed by atoms with Crippen LogP contribution >= 0.6 is 0 Å². The SMILES string of the molecule is C[C@@H](C(=O)N1CCCC1C(=O)O)c1ccccc1. The van der Waals surface area contributed by atoms with Crippen LogP contribution in [0.25, 0.3) is 0 Å². The summed E-state index contributed by atoms with van der Waals surface area (Å²) in [6.45, 7) is 2.38. The third kappa shape index (κ3) is 2.37. The van der Waals surface area contributed by atoms with Crippen molar-refractivity contribution in [3.63, 3.8) is 0 Å². The van der Waals surface area contributed by atoms with Gasteiger partial charge in [-0.2, -0.15) is 0 Å². The number of nitrogens with zero attached hydrogens (tertiary/aromatic N) is 1. The first kappa shape index (κ1) is 12.6. The van der Waals surface area contributed by atoms with E-state index in [1.54, 1.807) is 0 Å². The maximum atomic E-state index is 12.3. The standard InChI is InChI=1S/C14H17NO3/c1-10(11-6-3-2-4-7-11)13(16)15-9-5-8-12(15)14(17)18/h2-4,6-7,10,12H,5,8-9H2,1H3,(H,17,18)/t10-,12?/m1/s1.